The lowest BCUT2D eigenvalue weighted by atomic mass is 9.83. The van der Waals surface area contributed by atoms with E-state index in [1.54, 1.807) is 11.3 Å². The minimum atomic E-state index is 0.104. The van der Waals surface area contributed by atoms with Crippen molar-refractivity contribution < 1.29 is 4.79 Å². The molecule has 0 radical (unpaired) electrons. The average Bonchev–Trinajstić information content (AvgIpc) is 2.83. The Kier molecular flexibility index (Phi) is 3.86. The van der Waals surface area contributed by atoms with Crippen molar-refractivity contribution >= 4 is 28.8 Å². The lowest BCUT2D eigenvalue weighted by Gasteiger charge is -2.35. The van der Waals surface area contributed by atoms with Gasteiger partial charge < -0.3 is 4.90 Å². The Bertz CT molecular complexity index is 466. The van der Waals surface area contributed by atoms with Gasteiger partial charge in [0.2, 0.25) is 5.91 Å². The molecule has 1 aromatic rings. The molecule has 1 saturated carbocycles. The second-order valence-corrected chi connectivity index (χ2v) is 7.52. The summed E-state index contributed by atoms with van der Waals surface area (Å²) in [6.45, 7) is 0.873. The fourth-order valence-electron chi connectivity index (χ4n) is 3.29. The van der Waals surface area contributed by atoms with E-state index in [0.717, 1.165) is 38.6 Å². The van der Waals surface area contributed by atoms with E-state index in [9.17, 15) is 4.79 Å². The van der Waals surface area contributed by atoms with Crippen molar-refractivity contribution in [3.63, 3.8) is 0 Å². The Balaban J connectivity index is 1.64. The predicted octanol–water partition coefficient (Wildman–Crippen LogP) is 3.64. The van der Waals surface area contributed by atoms with Crippen molar-refractivity contribution in [3.8, 4) is 0 Å². The summed E-state index contributed by atoms with van der Waals surface area (Å²) < 4.78 is 0. The summed E-state index contributed by atoms with van der Waals surface area (Å²) in [6.07, 6.45) is 5.43. The van der Waals surface area contributed by atoms with Crippen molar-refractivity contribution in [2.75, 3.05) is 13.6 Å². The van der Waals surface area contributed by atoms with Crippen LogP contribution in [0, 0.1) is 5.92 Å². The maximum absolute atomic E-state index is 12.6. The van der Waals surface area contributed by atoms with Crippen molar-refractivity contribution in [1.29, 1.82) is 0 Å². The number of hydrogen-bond donors (Lipinski definition) is 0. The largest absolute Gasteiger partial charge is 0.345 e. The van der Waals surface area contributed by atoms with Gasteiger partial charge in [-0.05, 0) is 55.0 Å². The molecular weight excluding hydrogens is 278 g/mol. The molecule has 1 heterocycles. The Morgan fingerprint density at radius 2 is 2.32 bits per heavy atom. The van der Waals surface area contributed by atoms with Crippen LogP contribution in [0.2, 0.25) is 0 Å². The van der Waals surface area contributed by atoms with E-state index in [1.165, 1.54) is 10.4 Å². The molecule has 4 heteroatoms. The standard InChI is InChI=1S/C15H20ClNOS/c1-17(9-10-7-11(16)8-10)15(18)13-3-2-4-14-12(13)5-6-19-14/h5-6,10-11,13H,2-4,7-9H2,1H3. The first kappa shape index (κ1) is 13.4. The number of thiophene rings is 1. The second kappa shape index (κ2) is 5.45. The van der Waals surface area contributed by atoms with Crippen molar-refractivity contribution in [1.82, 2.24) is 4.90 Å². The van der Waals surface area contributed by atoms with Crippen LogP contribution in [0.1, 0.15) is 42.0 Å². The Morgan fingerprint density at radius 1 is 1.53 bits per heavy atom. The molecule has 3 rings (SSSR count). The lowest BCUT2D eigenvalue weighted by molar-refractivity contribution is -0.132. The molecule has 0 bridgehead atoms. The van der Waals surface area contributed by atoms with Gasteiger partial charge in [-0.2, -0.15) is 0 Å². The van der Waals surface area contributed by atoms with Crippen LogP contribution in [0.15, 0.2) is 11.4 Å². The molecule has 1 amide bonds. The summed E-state index contributed by atoms with van der Waals surface area (Å²) in [4.78, 5) is 16.0. The molecule has 19 heavy (non-hydrogen) atoms. The summed E-state index contributed by atoms with van der Waals surface area (Å²) in [7, 11) is 1.95. The average molecular weight is 298 g/mol. The van der Waals surface area contributed by atoms with Crippen LogP contribution in [0.5, 0.6) is 0 Å². The molecule has 2 nitrogen and oxygen atoms in total. The van der Waals surface area contributed by atoms with Crippen LogP contribution in [0.3, 0.4) is 0 Å². The number of aryl methyl sites for hydroxylation is 1. The highest BCUT2D eigenvalue weighted by molar-refractivity contribution is 7.10. The Morgan fingerprint density at radius 3 is 3.05 bits per heavy atom. The van der Waals surface area contributed by atoms with Crippen molar-refractivity contribution in [2.45, 2.75) is 43.4 Å². The number of carbonyl (C=O) groups is 1. The minimum Gasteiger partial charge on any atom is -0.345 e. The Hall–Kier alpha value is -0.540. The van der Waals surface area contributed by atoms with Gasteiger partial charge in [0.05, 0.1) is 5.92 Å². The fraction of sp³-hybridized carbons (Fsp3) is 0.667. The van der Waals surface area contributed by atoms with E-state index in [2.05, 4.69) is 11.4 Å². The lowest BCUT2D eigenvalue weighted by Crippen LogP contribution is -2.40. The van der Waals surface area contributed by atoms with Gasteiger partial charge in [-0.15, -0.1) is 22.9 Å². The third-order valence-corrected chi connectivity index (χ3v) is 5.79. The monoisotopic (exact) mass is 297 g/mol. The summed E-state index contributed by atoms with van der Waals surface area (Å²) in [6, 6.07) is 2.15. The quantitative estimate of drug-likeness (QED) is 0.780. The van der Waals surface area contributed by atoms with Crippen LogP contribution < -0.4 is 0 Å². The molecule has 0 saturated heterocycles. The number of likely N-dealkylation sites (N-methyl/N-ethyl adjacent to an activating group) is 1. The van der Waals surface area contributed by atoms with Gasteiger partial charge in [0.15, 0.2) is 0 Å². The zero-order chi connectivity index (χ0) is 13.4. The van der Waals surface area contributed by atoms with Crippen LogP contribution in [0.25, 0.3) is 0 Å². The van der Waals surface area contributed by atoms with E-state index < -0.39 is 0 Å². The maximum Gasteiger partial charge on any atom is 0.229 e. The van der Waals surface area contributed by atoms with E-state index in [-0.39, 0.29) is 5.92 Å². The summed E-state index contributed by atoms with van der Waals surface area (Å²) in [5.41, 5.74) is 1.29. The predicted molar refractivity (Wildman–Crippen MR) is 80.0 cm³/mol. The molecule has 104 valence electrons. The van der Waals surface area contributed by atoms with Gasteiger partial charge in [0.25, 0.3) is 0 Å². The highest BCUT2D eigenvalue weighted by Crippen LogP contribution is 2.37. The van der Waals surface area contributed by atoms with E-state index in [0.29, 0.717) is 17.2 Å². The van der Waals surface area contributed by atoms with Crippen LogP contribution >= 0.6 is 22.9 Å². The molecule has 0 N–H and O–H groups in total. The molecule has 1 aromatic heterocycles. The molecule has 0 spiro atoms. The molecule has 0 aliphatic heterocycles. The minimum absolute atomic E-state index is 0.104. The van der Waals surface area contributed by atoms with Gasteiger partial charge in [-0.3, -0.25) is 4.79 Å². The fourth-order valence-corrected chi connectivity index (χ4v) is 4.78. The summed E-state index contributed by atoms with van der Waals surface area (Å²) >= 11 is 7.81. The van der Waals surface area contributed by atoms with Crippen LogP contribution in [0.4, 0.5) is 0 Å². The topological polar surface area (TPSA) is 20.3 Å². The van der Waals surface area contributed by atoms with Crippen LogP contribution in [-0.4, -0.2) is 29.8 Å². The number of halogens is 1. The number of rotatable bonds is 3. The molecule has 2 aliphatic carbocycles. The van der Waals surface area contributed by atoms with Gasteiger partial charge in [-0.25, -0.2) is 0 Å². The highest BCUT2D eigenvalue weighted by atomic mass is 35.5. The van der Waals surface area contributed by atoms with E-state index in [1.807, 2.05) is 11.9 Å². The zero-order valence-electron chi connectivity index (χ0n) is 11.3. The van der Waals surface area contributed by atoms with Gasteiger partial charge >= 0.3 is 0 Å². The second-order valence-electron chi connectivity index (χ2n) is 5.90. The van der Waals surface area contributed by atoms with E-state index >= 15 is 0 Å². The summed E-state index contributed by atoms with van der Waals surface area (Å²) in [5, 5.41) is 2.46. The van der Waals surface area contributed by atoms with Gasteiger partial charge in [-0.1, -0.05) is 0 Å². The highest BCUT2D eigenvalue weighted by Gasteiger charge is 2.33. The van der Waals surface area contributed by atoms with Crippen molar-refractivity contribution in [3.05, 3.63) is 21.9 Å². The third-order valence-electron chi connectivity index (χ3n) is 4.44. The number of alkyl halides is 1. The number of hydrogen-bond acceptors (Lipinski definition) is 2. The number of carbonyl (C=O) groups excluding carboxylic acids is 1. The smallest absolute Gasteiger partial charge is 0.229 e. The Labute approximate surface area is 123 Å². The first-order chi connectivity index (χ1) is 9.15. The molecule has 1 fully saturated rings. The van der Waals surface area contributed by atoms with Gasteiger partial charge in [0, 0.05) is 23.8 Å². The molecule has 0 aromatic carbocycles. The maximum atomic E-state index is 12.6. The third kappa shape index (κ3) is 2.68. The molecule has 2 aliphatic rings. The van der Waals surface area contributed by atoms with E-state index in [4.69, 9.17) is 11.6 Å². The first-order valence-electron chi connectivity index (χ1n) is 7.10. The molecule has 1 unspecified atom stereocenters. The number of nitrogens with zero attached hydrogens (tertiary/aromatic N) is 1. The first-order valence-corrected chi connectivity index (χ1v) is 8.42. The van der Waals surface area contributed by atoms with Crippen molar-refractivity contribution in [2.24, 2.45) is 5.92 Å². The summed E-state index contributed by atoms with van der Waals surface area (Å²) in [5.74, 6) is 1.02. The van der Waals surface area contributed by atoms with Gasteiger partial charge in [0.1, 0.15) is 0 Å². The van der Waals surface area contributed by atoms with Crippen LogP contribution in [-0.2, 0) is 11.2 Å². The normalized spacial score (nSPS) is 29.5. The zero-order valence-corrected chi connectivity index (χ0v) is 12.8. The number of amides is 1. The molecular formula is C15H20ClNOS. The SMILES string of the molecule is CN(CC1CC(Cl)C1)C(=O)C1CCCc2sccc21. The molecule has 1 atom stereocenters. The number of fused-ring (bicyclic) bond motifs is 1.